The third-order valence-electron chi connectivity index (χ3n) is 4.22. The van der Waals surface area contributed by atoms with E-state index in [1.807, 2.05) is 54.6 Å². The minimum absolute atomic E-state index is 0.0426. The Bertz CT molecular complexity index is 1040. The van der Waals surface area contributed by atoms with E-state index in [-0.39, 0.29) is 11.3 Å². The number of aromatic carboxylic acids is 1. The number of halogens is 1. The first kappa shape index (κ1) is 19.4. The van der Waals surface area contributed by atoms with Gasteiger partial charge in [0.05, 0.1) is 11.3 Å². The van der Waals surface area contributed by atoms with Gasteiger partial charge < -0.3 is 10.4 Å². The van der Waals surface area contributed by atoms with Crippen LogP contribution in [0.3, 0.4) is 0 Å². The third kappa shape index (κ3) is 4.67. The number of amides is 1. The van der Waals surface area contributed by atoms with Gasteiger partial charge in [-0.2, -0.15) is 0 Å². The number of carboxylic acid groups (broad SMARTS) is 1. The van der Waals surface area contributed by atoms with Crippen molar-refractivity contribution in [2.24, 2.45) is 0 Å². The molecule has 0 aliphatic carbocycles. The van der Waals surface area contributed by atoms with E-state index in [9.17, 15) is 14.7 Å². The van der Waals surface area contributed by atoms with Crippen molar-refractivity contribution in [3.05, 3.63) is 94.5 Å². The highest BCUT2D eigenvalue weighted by Gasteiger charge is 2.15. The summed E-state index contributed by atoms with van der Waals surface area (Å²) in [7, 11) is 0. The Balaban J connectivity index is 1.74. The first-order valence-electron chi connectivity index (χ1n) is 8.62. The van der Waals surface area contributed by atoms with Crippen LogP contribution in [0.4, 0.5) is 5.69 Å². The van der Waals surface area contributed by atoms with Gasteiger partial charge >= 0.3 is 5.97 Å². The highest BCUT2D eigenvalue weighted by Crippen LogP contribution is 2.26. The third-order valence-corrected chi connectivity index (χ3v) is 4.44. The Kier molecular flexibility index (Phi) is 5.92. The van der Waals surface area contributed by atoms with Crippen molar-refractivity contribution in [2.75, 3.05) is 5.32 Å². The molecular formula is C23H18ClNO3. The summed E-state index contributed by atoms with van der Waals surface area (Å²) >= 11 is 5.91. The summed E-state index contributed by atoms with van der Waals surface area (Å²) in [6.07, 6.45) is 3.05. The summed E-state index contributed by atoms with van der Waals surface area (Å²) in [5, 5.41) is 12.3. The molecule has 0 saturated carbocycles. The predicted octanol–water partition coefficient (Wildman–Crippen LogP) is 5.67. The van der Waals surface area contributed by atoms with Crippen molar-refractivity contribution < 1.29 is 14.7 Å². The number of anilines is 1. The van der Waals surface area contributed by atoms with Crippen LogP contribution in [0.1, 0.15) is 21.5 Å². The van der Waals surface area contributed by atoms with Gasteiger partial charge in [0.15, 0.2) is 0 Å². The average molecular weight is 392 g/mol. The van der Waals surface area contributed by atoms with Gasteiger partial charge in [0.25, 0.3) is 0 Å². The maximum Gasteiger partial charge on any atom is 0.337 e. The maximum absolute atomic E-state index is 12.3. The number of carbonyl (C=O) groups is 2. The van der Waals surface area contributed by atoms with Gasteiger partial charge in [-0.05, 0) is 47.4 Å². The van der Waals surface area contributed by atoms with Gasteiger partial charge in [-0.15, -0.1) is 0 Å². The second kappa shape index (κ2) is 8.55. The molecule has 1 amide bonds. The molecular weight excluding hydrogens is 374 g/mol. The molecule has 0 unspecified atom stereocenters. The molecule has 0 fully saturated rings. The van der Waals surface area contributed by atoms with Crippen molar-refractivity contribution in [2.45, 2.75) is 6.92 Å². The quantitative estimate of drug-likeness (QED) is 0.551. The topological polar surface area (TPSA) is 66.4 Å². The molecule has 3 aromatic rings. The van der Waals surface area contributed by atoms with Crippen molar-refractivity contribution >= 4 is 35.2 Å². The first-order chi connectivity index (χ1) is 13.4. The molecule has 0 aliphatic heterocycles. The summed E-state index contributed by atoms with van der Waals surface area (Å²) in [5.41, 5.74) is 3.85. The molecule has 0 bridgehead atoms. The Morgan fingerprint density at radius 2 is 1.61 bits per heavy atom. The summed E-state index contributed by atoms with van der Waals surface area (Å²) in [5.74, 6) is -1.57. The van der Waals surface area contributed by atoms with E-state index < -0.39 is 11.9 Å². The van der Waals surface area contributed by atoms with Gasteiger partial charge in [0, 0.05) is 11.1 Å². The zero-order chi connectivity index (χ0) is 20.1. The molecule has 0 heterocycles. The van der Waals surface area contributed by atoms with Crippen LogP contribution < -0.4 is 5.32 Å². The van der Waals surface area contributed by atoms with Crippen molar-refractivity contribution in [1.82, 2.24) is 0 Å². The van der Waals surface area contributed by atoms with Crippen molar-refractivity contribution in [1.29, 1.82) is 0 Å². The molecule has 0 aromatic heterocycles. The summed E-state index contributed by atoms with van der Waals surface area (Å²) in [4.78, 5) is 23.7. The molecule has 0 aliphatic rings. The van der Waals surface area contributed by atoms with E-state index in [0.29, 0.717) is 10.6 Å². The minimum atomic E-state index is -1.15. The van der Waals surface area contributed by atoms with Gasteiger partial charge in [0.2, 0.25) is 5.91 Å². The Morgan fingerprint density at radius 1 is 0.964 bits per heavy atom. The highest BCUT2D eigenvalue weighted by molar-refractivity contribution is 6.31. The van der Waals surface area contributed by atoms with Crippen molar-refractivity contribution in [3.63, 3.8) is 0 Å². The lowest BCUT2D eigenvalue weighted by Gasteiger charge is -2.11. The number of benzene rings is 3. The first-order valence-corrected chi connectivity index (χ1v) is 9.00. The lowest BCUT2D eigenvalue weighted by atomic mass is 10.0. The fraction of sp³-hybridized carbons (Fsp3) is 0.0435. The molecule has 0 radical (unpaired) electrons. The molecule has 5 heteroatoms. The Hall–Kier alpha value is -3.37. The second-order valence-corrected chi connectivity index (χ2v) is 6.70. The van der Waals surface area contributed by atoms with Gasteiger partial charge in [0.1, 0.15) is 0 Å². The van der Waals surface area contributed by atoms with Crippen LogP contribution in [0.5, 0.6) is 0 Å². The number of hydrogen-bond acceptors (Lipinski definition) is 2. The molecule has 0 spiro atoms. The van der Waals surface area contributed by atoms with E-state index in [2.05, 4.69) is 5.32 Å². The van der Waals surface area contributed by atoms with E-state index in [1.165, 1.54) is 12.1 Å². The fourth-order valence-corrected chi connectivity index (χ4v) is 3.10. The van der Waals surface area contributed by atoms with Crippen LogP contribution in [-0.4, -0.2) is 17.0 Å². The molecule has 0 atom stereocenters. The maximum atomic E-state index is 12.3. The van der Waals surface area contributed by atoms with Crippen LogP contribution in [0, 0.1) is 6.92 Å². The van der Waals surface area contributed by atoms with E-state index >= 15 is 0 Å². The van der Waals surface area contributed by atoms with Crippen molar-refractivity contribution in [3.8, 4) is 11.1 Å². The van der Waals surface area contributed by atoms with Crippen LogP contribution in [0.2, 0.25) is 5.02 Å². The summed E-state index contributed by atoms with van der Waals surface area (Å²) in [6.45, 7) is 1.69. The zero-order valence-electron chi connectivity index (χ0n) is 15.1. The molecule has 4 nitrogen and oxygen atoms in total. The van der Waals surface area contributed by atoms with E-state index in [0.717, 1.165) is 16.7 Å². The largest absolute Gasteiger partial charge is 0.478 e. The van der Waals surface area contributed by atoms with Crippen LogP contribution in [0.25, 0.3) is 17.2 Å². The SMILES string of the molecule is Cc1cc(Cl)cc(C(=O)O)c1NC(=O)/C=C/c1ccc(-c2ccccc2)cc1. The lowest BCUT2D eigenvalue weighted by molar-refractivity contribution is -0.111. The van der Waals surface area contributed by atoms with Crippen LogP contribution in [-0.2, 0) is 4.79 Å². The molecule has 0 saturated heterocycles. The zero-order valence-corrected chi connectivity index (χ0v) is 15.9. The standard InChI is InChI=1S/C23H18ClNO3/c1-15-13-19(24)14-20(23(27)28)22(15)25-21(26)12-9-16-7-10-18(11-8-16)17-5-3-2-4-6-17/h2-14H,1H3,(H,25,26)(H,27,28)/b12-9+. The number of nitrogens with one attached hydrogen (secondary N) is 1. The predicted molar refractivity (Wildman–Crippen MR) is 113 cm³/mol. The molecule has 3 aromatic carbocycles. The van der Waals surface area contributed by atoms with Crippen LogP contribution >= 0.6 is 11.6 Å². The second-order valence-electron chi connectivity index (χ2n) is 6.26. The number of rotatable bonds is 5. The van der Waals surface area contributed by atoms with Gasteiger partial charge in [-0.1, -0.05) is 66.2 Å². The summed E-state index contributed by atoms with van der Waals surface area (Å²) in [6, 6.07) is 20.7. The molecule has 2 N–H and O–H groups in total. The molecule has 140 valence electrons. The Morgan fingerprint density at radius 3 is 2.25 bits per heavy atom. The number of carboxylic acids is 1. The normalized spacial score (nSPS) is 10.8. The highest BCUT2D eigenvalue weighted by atomic mass is 35.5. The smallest absolute Gasteiger partial charge is 0.337 e. The monoisotopic (exact) mass is 391 g/mol. The molecule has 28 heavy (non-hydrogen) atoms. The van der Waals surface area contributed by atoms with Crippen LogP contribution in [0.15, 0.2) is 72.8 Å². The number of aryl methyl sites for hydroxylation is 1. The molecule has 3 rings (SSSR count). The van der Waals surface area contributed by atoms with E-state index in [1.54, 1.807) is 19.1 Å². The number of hydrogen-bond donors (Lipinski definition) is 2. The summed E-state index contributed by atoms with van der Waals surface area (Å²) < 4.78 is 0. The average Bonchev–Trinajstić information content (AvgIpc) is 2.69. The minimum Gasteiger partial charge on any atom is -0.478 e. The van der Waals surface area contributed by atoms with Gasteiger partial charge in [-0.25, -0.2) is 4.79 Å². The number of carbonyl (C=O) groups excluding carboxylic acids is 1. The fourth-order valence-electron chi connectivity index (χ4n) is 2.83. The van der Waals surface area contributed by atoms with Gasteiger partial charge in [-0.3, -0.25) is 4.79 Å². The Labute approximate surface area is 168 Å². The van der Waals surface area contributed by atoms with E-state index in [4.69, 9.17) is 11.6 Å². The lowest BCUT2D eigenvalue weighted by Crippen LogP contribution is -2.13.